The summed E-state index contributed by atoms with van der Waals surface area (Å²) in [7, 11) is 0. The molecule has 0 unspecified atom stereocenters. The second-order valence-electron chi connectivity index (χ2n) is 2.76. The lowest BCUT2D eigenvalue weighted by atomic mass is 10.3. The molecule has 2 heterocycles. The van der Waals surface area contributed by atoms with E-state index in [9.17, 15) is 0 Å². The zero-order chi connectivity index (χ0) is 8.72. The molecule has 62 valence electrons. The maximum absolute atomic E-state index is 4.15. The normalized spacial score (nSPS) is 10.9. The molecular formula is C8H8BrN3. The molecule has 2 aromatic rings. The topological polar surface area (TPSA) is 30.2 Å². The van der Waals surface area contributed by atoms with Gasteiger partial charge in [-0.05, 0) is 41.4 Å². The Balaban J connectivity index is 2.97. The van der Waals surface area contributed by atoms with Gasteiger partial charge >= 0.3 is 0 Å². The van der Waals surface area contributed by atoms with E-state index in [1.54, 1.807) is 6.33 Å². The van der Waals surface area contributed by atoms with Crippen molar-refractivity contribution in [3.05, 3.63) is 28.1 Å². The van der Waals surface area contributed by atoms with Crippen molar-refractivity contribution in [1.29, 1.82) is 0 Å². The van der Waals surface area contributed by atoms with Crippen molar-refractivity contribution in [3.8, 4) is 0 Å². The van der Waals surface area contributed by atoms with Gasteiger partial charge in [-0.3, -0.25) is 0 Å². The molecule has 0 aliphatic heterocycles. The van der Waals surface area contributed by atoms with E-state index < -0.39 is 0 Å². The molecule has 4 heteroatoms. The van der Waals surface area contributed by atoms with Crippen molar-refractivity contribution in [2.45, 2.75) is 13.8 Å². The summed E-state index contributed by atoms with van der Waals surface area (Å²) >= 11 is 3.46. The van der Waals surface area contributed by atoms with Crippen LogP contribution in [0.3, 0.4) is 0 Å². The van der Waals surface area contributed by atoms with E-state index in [-0.39, 0.29) is 0 Å². The van der Waals surface area contributed by atoms with E-state index in [0.717, 1.165) is 21.4 Å². The first-order valence-electron chi connectivity index (χ1n) is 3.65. The molecular weight excluding hydrogens is 218 g/mol. The van der Waals surface area contributed by atoms with Crippen LogP contribution >= 0.6 is 15.9 Å². The lowest BCUT2D eigenvalue weighted by molar-refractivity contribution is 0.903. The zero-order valence-corrected chi connectivity index (χ0v) is 8.46. The average Bonchev–Trinajstić information content (AvgIpc) is 2.48. The summed E-state index contributed by atoms with van der Waals surface area (Å²) in [6.07, 6.45) is 1.57. The predicted molar refractivity (Wildman–Crippen MR) is 50.2 cm³/mol. The maximum Gasteiger partial charge on any atom is 0.158 e. The summed E-state index contributed by atoms with van der Waals surface area (Å²) in [6, 6.07) is 2.05. The Morgan fingerprint density at radius 1 is 1.42 bits per heavy atom. The fourth-order valence-corrected chi connectivity index (χ4v) is 1.73. The summed E-state index contributed by atoms with van der Waals surface area (Å²) in [6.45, 7) is 4.03. The minimum Gasteiger partial charge on any atom is -0.217 e. The molecule has 0 saturated heterocycles. The van der Waals surface area contributed by atoms with Crippen LogP contribution in [0.25, 0.3) is 5.65 Å². The minimum absolute atomic E-state index is 0.927. The molecule has 0 aromatic carbocycles. The number of aryl methyl sites for hydroxylation is 2. The average molecular weight is 226 g/mol. The van der Waals surface area contributed by atoms with Crippen molar-refractivity contribution >= 4 is 21.6 Å². The van der Waals surface area contributed by atoms with E-state index in [2.05, 4.69) is 32.1 Å². The molecule has 0 atom stereocenters. The predicted octanol–water partition coefficient (Wildman–Crippen LogP) is 2.11. The monoisotopic (exact) mass is 225 g/mol. The molecule has 0 aliphatic carbocycles. The molecule has 0 N–H and O–H groups in total. The van der Waals surface area contributed by atoms with Crippen molar-refractivity contribution in [1.82, 2.24) is 14.6 Å². The van der Waals surface area contributed by atoms with Gasteiger partial charge in [0.05, 0.1) is 5.69 Å². The third kappa shape index (κ3) is 0.948. The number of rotatable bonds is 0. The molecule has 0 amide bonds. The number of hydrogen-bond acceptors (Lipinski definition) is 2. The summed E-state index contributed by atoms with van der Waals surface area (Å²) in [5.41, 5.74) is 3.13. The lowest BCUT2D eigenvalue weighted by Gasteiger charge is -2.02. The van der Waals surface area contributed by atoms with Crippen molar-refractivity contribution < 1.29 is 0 Å². The van der Waals surface area contributed by atoms with Crippen LogP contribution in [-0.4, -0.2) is 14.6 Å². The standard InChI is InChI=1S/C8H8BrN3/c1-5-3-7(9)6(2)12-8(5)10-4-11-12/h3-4H,1-2H3. The molecule has 0 saturated carbocycles. The van der Waals surface area contributed by atoms with Gasteiger partial charge in [-0.15, -0.1) is 0 Å². The van der Waals surface area contributed by atoms with Crippen LogP contribution in [0.5, 0.6) is 0 Å². The molecule has 0 spiro atoms. The maximum atomic E-state index is 4.15. The summed E-state index contributed by atoms with van der Waals surface area (Å²) in [5.74, 6) is 0. The van der Waals surface area contributed by atoms with Crippen LogP contribution in [0.4, 0.5) is 0 Å². The molecule has 2 rings (SSSR count). The van der Waals surface area contributed by atoms with E-state index in [4.69, 9.17) is 0 Å². The Labute approximate surface area is 78.6 Å². The summed E-state index contributed by atoms with van der Waals surface area (Å²) in [4.78, 5) is 4.15. The first kappa shape index (κ1) is 7.73. The quantitative estimate of drug-likeness (QED) is 0.688. The zero-order valence-electron chi connectivity index (χ0n) is 6.87. The molecule has 0 fully saturated rings. The smallest absolute Gasteiger partial charge is 0.158 e. The highest BCUT2D eigenvalue weighted by Gasteiger charge is 2.05. The van der Waals surface area contributed by atoms with Gasteiger partial charge < -0.3 is 0 Å². The Hall–Kier alpha value is -0.900. The third-order valence-electron chi connectivity index (χ3n) is 1.91. The van der Waals surface area contributed by atoms with Crippen molar-refractivity contribution in [2.75, 3.05) is 0 Å². The number of hydrogen-bond donors (Lipinski definition) is 0. The number of nitrogens with zero attached hydrogens (tertiary/aromatic N) is 3. The Morgan fingerprint density at radius 2 is 2.17 bits per heavy atom. The molecule has 0 radical (unpaired) electrons. The van der Waals surface area contributed by atoms with Gasteiger partial charge in [-0.2, -0.15) is 5.10 Å². The fourth-order valence-electron chi connectivity index (χ4n) is 1.22. The van der Waals surface area contributed by atoms with Crippen LogP contribution in [-0.2, 0) is 0 Å². The van der Waals surface area contributed by atoms with Crippen LogP contribution in [0.2, 0.25) is 0 Å². The highest BCUT2D eigenvalue weighted by atomic mass is 79.9. The summed E-state index contributed by atoms with van der Waals surface area (Å²) in [5, 5.41) is 4.12. The molecule has 0 bridgehead atoms. The van der Waals surface area contributed by atoms with Gasteiger partial charge in [0.1, 0.15) is 6.33 Å². The van der Waals surface area contributed by atoms with Gasteiger partial charge in [0.2, 0.25) is 0 Å². The van der Waals surface area contributed by atoms with Crippen molar-refractivity contribution in [2.24, 2.45) is 0 Å². The lowest BCUT2D eigenvalue weighted by Crippen LogP contribution is -1.96. The van der Waals surface area contributed by atoms with E-state index in [1.807, 2.05) is 18.4 Å². The largest absolute Gasteiger partial charge is 0.217 e. The highest BCUT2D eigenvalue weighted by molar-refractivity contribution is 9.10. The SMILES string of the molecule is Cc1cc(Br)c(C)n2ncnc12. The number of fused-ring (bicyclic) bond motifs is 1. The first-order valence-corrected chi connectivity index (χ1v) is 4.45. The van der Waals surface area contributed by atoms with E-state index in [0.29, 0.717) is 0 Å². The molecule has 0 aliphatic rings. The second-order valence-corrected chi connectivity index (χ2v) is 3.61. The van der Waals surface area contributed by atoms with Crippen LogP contribution < -0.4 is 0 Å². The highest BCUT2D eigenvalue weighted by Crippen LogP contribution is 2.19. The van der Waals surface area contributed by atoms with Crippen LogP contribution in [0.15, 0.2) is 16.9 Å². The third-order valence-corrected chi connectivity index (χ3v) is 2.71. The number of aromatic nitrogens is 3. The van der Waals surface area contributed by atoms with Gasteiger partial charge in [0.25, 0.3) is 0 Å². The van der Waals surface area contributed by atoms with E-state index in [1.165, 1.54) is 0 Å². The van der Waals surface area contributed by atoms with Gasteiger partial charge in [-0.25, -0.2) is 9.50 Å². The Kier molecular flexibility index (Phi) is 1.65. The Morgan fingerprint density at radius 3 is 2.92 bits per heavy atom. The minimum atomic E-state index is 0.927. The summed E-state index contributed by atoms with van der Waals surface area (Å²) < 4.78 is 2.90. The second kappa shape index (κ2) is 2.55. The van der Waals surface area contributed by atoms with E-state index >= 15 is 0 Å². The first-order chi connectivity index (χ1) is 5.70. The van der Waals surface area contributed by atoms with Gasteiger partial charge in [-0.1, -0.05) is 0 Å². The fraction of sp³-hybridized carbons (Fsp3) is 0.250. The Bertz CT molecular complexity index is 433. The van der Waals surface area contributed by atoms with Crippen LogP contribution in [0, 0.1) is 13.8 Å². The molecule has 3 nitrogen and oxygen atoms in total. The number of halogens is 1. The van der Waals surface area contributed by atoms with Gasteiger partial charge in [0.15, 0.2) is 5.65 Å². The van der Waals surface area contributed by atoms with Crippen LogP contribution in [0.1, 0.15) is 11.3 Å². The molecule has 2 aromatic heterocycles. The number of pyridine rings is 1. The molecule has 12 heavy (non-hydrogen) atoms. The van der Waals surface area contributed by atoms with Gasteiger partial charge in [0, 0.05) is 4.47 Å². The van der Waals surface area contributed by atoms with Crippen molar-refractivity contribution in [3.63, 3.8) is 0 Å².